The SMILES string of the molecule is Cc1cc(CC(=O)N2CCCCCC2)no1. The Labute approximate surface area is 95.6 Å². The fraction of sp³-hybridized carbons (Fsp3) is 0.667. The molecule has 1 saturated heterocycles. The Kier molecular flexibility index (Phi) is 3.59. The van der Waals surface area contributed by atoms with Crippen molar-refractivity contribution in [1.29, 1.82) is 0 Å². The molecule has 0 N–H and O–H groups in total. The molecule has 0 radical (unpaired) electrons. The summed E-state index contributed by atoms with van der Waals surface area (Å²) < 4.78 is 4.96. The van der Waals surface area contributed by atoms with Crippen LogP contribution in [0.1, 0.15) is 37.1 Å². The van der Waals surface area contributed by atoms with E-state index in [4.69, 9.17) is 4.52 Å². The number of amides is 1. The van der Waals surface area contributed by atoms with Crippen LogP contribution in [0, 0.1) is 6.92 Å². The van der Waals surface area contributed by atoms with Gasteiger partial charge in [0.15, 0.2) is 0 Å². The zero-order chi connectivity index (χ0) is 11.4. The Morgan fingerprint density at radius 3 is 2.62 bits per heavy atom. The van der Waals surface area contributed by atoms with E-state index in [0.717, 1.165) is 37.4 Å². The largest absolute Gasteiger partial charge is 0.361 e. The number of carbonyl (C=O) groups excluding carboxylic acids is 1. The van der Waals surface area contributed by atoms with Crippen molar-refractivity contribution in [2.45, 2.75) is 39.0 Å². The minimum Gasteiger partial charge on any atom is -0.361 e. The molecule has 2 heterocycles. The summed E-state index contributed by atoms with van der Waals surface area (Å²) in [6.07, 6.45) is 5.12. The van der Waals surface area contributed by atoms with Crippen molar-refractivity contribution in [1.82, 2.24) is 10.1 Å². The molecular weight excluding hydrogens is 204 g/mol. The molecule has 4 nitrogen and oxygen atoms in total. The van der Waals surface area contributed by atoms with Gasteiger partial charge in [0.1, 0.15) is 5.76 Å². The lowest BCUT2D eigenvalue weighted by Gasteiger charge is -2.19. The molecule has 0 aliphatic carbocycles. The van der Waals surface area contributed by atoms with E-state index in [-0.39, 0.29) is 5.91 Å². The minimum absolute atomic E-state index is 0.176. The van der Waals surface area contributed by atoms with Crippen LogP contribution in [0.2, 0.25) is 0 Å². The van der Waals surface area contributed by atoms with Crippen LogP contribution in [-0.4, -0.2) is 29.1 Å². The van der Waals surface area contributed by atoms with Crippen LogP contribution in [0.5, 0.6) is 0 Å². The van der Waals surface area contributed by atoms with Gasteiger partial charge in [0.2, 0.25) is 5.91 Å². The average molecular weight is 222 g/mol. The highest BCUT2D eigenvalue weighted by Crippen LogP contribution is 2.11. The zero-order valence-corrected chi connectivity index (χ0v) is 9.74. The van der Waals surface area contributed by atoms with Gasteiger partial charge in [-0.3, -0.25) is 4.79 Å². The van der Waals surface area contributed by atoms with E-state index in [2.05, 4.69) is 5.16 Å². The van der Waals surface area contributed by atoms with Gasteiger partial charge in [-0.25, -0.2) is 0 Å². The van der Waals surface area contributed by atoms with Gasteiger partial charge >= 0.3 is 0 Å². The fourth-order valence-corrected chi connectivity index (χ4v) is 2.09. The lowest BCUT2D eigenvalue weighted by Crippen LogP contribution is -2.33. The lowest BCUT2D eigenvalue weighted by atomic mass is 10.2. The highest BCUT2D eigenvalue weighted by Gasteiger charge is 2.17. The highest BCUT2D eigenvalue weighted by atomic mass is 16.5. The Hall–Kier alpha value is -1.32. The monoisotopic (exact) mass is 222 g/mol. The molecule has 2 rings (SSSR count). The maximum atomic E-state index is 12.0. The first-order valence-corrected chi connectivity index (χ1v) is 5.95. The van der Waals surface area contributed by atoms with E-state index in [0.29, 0.717) is 6.42 Å². The number of aromatic nitrogens is 1. The van der Waals surface area contributed by atoms with Crippen molar-refractivity contribution in [2.75, 3.05) is 13.1 Å². The Morgan fingerprint density at radius 2 is 2.06 bits per heavy atom. The second kappa shape index (κ2) is 5.14. The van der Waals surface area contributed by atoms with Crippen molar-refractivity contribution in [3.8, 4) is 0 Å². The maximum absolute atomic E-state index is 12.0. The Morgan fingerprint density at radius 1 is 1.38 bits per heavy atom. The number of likely N-dealkylation sites (tertiary alicyclic amines) is 1. The van der Waals surface area contributed by atoms with E-state index in [1.807, 2.05) is 17.9 Å². The maximum Gasteiger partial charge on any atom is 0.228 e. The number of nitrogens with zero attached hydrogens (tertiary/aromatic N) is 2. The van der Waals surface area contributed by atoms with Crippen molar-refractivity contribution in [2.24, 2.45) is 0 Å². The third-order valence-electron chi connectivity index (χ3n) is 2.97. The Bertz CT molecular complexity index is 352. The molecule has 0 unspecified atom stereocenters. The topological polar surface area (TPSA) is 46.3 Å². The molecule has 0 aromatic carbocycles. The third kappa shape index (κ3) is 2.84. The molecule has 88 valence electrons. The summed E-state index contributed by atoms with van der Waals surface area (Å²) in [6, 6.07) is 1.83. The van der Waals surface area contributed by atoms with E-state index >= 15 is 0 Å². The van der Waals surface area contributed by atoms with Gasteiger partial charge in [-0.05, 0) is 19.8 Å². The average Bonchev–Trinajstić information content (AvgIpc) is 2.56. The molecule has 16 heavy (non-hydrogen) atoms. The van der Waals surface area contributed by atoms with E-state index in [1.54, 1.807) is 0 Å². The van der Waals surface area contributed by atoms with E-state index in [9.17, 15) is 4.79 Å². The summed E-state index contributed by atoms with van der Waals surface area (Å²) in [5.74, 6) is 0.939. The molecule has 4 heteroatoms. The summed E-state index contributed by atoms with van der Waals surface area (Å²) in [5, 5.41) is 3.85. The summed E-state index contributed by atoms with van der Waals surface area (Å²) in [5.41, 5.74) is 0.742. The van der Waals surface area contributed by atoms with E-state index in [1.165, 1.54) is 12.8 Å². The van der Waals surface area contributed by atoms with Crippen molar-refractivity contribution < 1.29 is 9.32 Å². The summed E-state index contributed by atoms with van der Waals surface area (Å²) >= 11 is 0. The molecule has 0 atom stereocenters. The van der Waals surface area contributed by atoms with Crippen LogP contribution in [0.25, 0.3) is 0 Å². The number of hydrogen-bond donors (Lipinski definition) is 0. The van der Waals surface area contributed by atoms with Gasteiger partial charge in [0, 0.05) is 19.2 Å². The van der Waals surface area contributed by atoms with Gasteiger partial charge in [-0.15, -0.1) is 0 Å². The van der Waals surface area contributed by atoms with Crippen LogP contribution in [0.4, 0.5) is 0 Å². The molecule has 1 aliphatic heterocycles. The molecule has 0 spiro atoms. The zero-order valence-electron chi connectivity index (χ0n) is 9.74. The molecule has 1 fully saturated rings. The van der Waals surface area contributed by atoms with E-state index < -0.39 is 0 Å². The Balaban J connectivity index is 1.91. The number of carbonyl (C=O) groups is 1. The van der Waals surface area contributed by atoms with Gasteiger partial charge in [0.25, 0.3) is 0 Å². The van der Waals surface area contributed by atoms with Crippen LogP contribution >= 0.6 is 0 Å². The molecule has 1 aliphatic rings. The van der Waals surface area contributed by atoms with Gasteiger partial charge in [-0.1, -0.05) is 18.0 Å². The molecule has 0 saturated carbocycles. The van der Waals surface area contributed by atoms with Gasteiger partial charge < -0.3 is 9.42 Å². The van der Waals surface area contributed by atoms with Gasteiger partial charge in [0.05, 0.1) is 12.1 Å². The summed E-state index contributed by atoms with van der Waals surface area (Å²) in [4.78, 5) is 13.9. The normalized spacial score (nSPS) is 17.2. The van der Waals surface area contributed by atoms with Crippen LogP contribution in [-0.2, 0) is 11.2 Å². The minimum atomic E-state index is 0.176. The second-order valence-corrected chi connectivity index (χ2v) is 4.40. The first kappa shape index (κ1) is 11.2. The molecule has 1 aromatic rings. The molecule has 1 amide bonds. The lowest BCUT2D eigenvalue weighted by molar-refractivity contribution is -0.130. The van der Waals surface area contributed by atoms with Crippen molar-refractivity contribution in [3.63, 3.8) is 0 Å². The summed E-state index contributed by atoms with van der Waals surface area (Å²) in [7, 11) is 0. The predicted octanol–water partition coefficient (Wildman–Crippen LogP) is 1.93. The molecule has 1 aromatic heterocycles. The van der Waals surface area contributed by atoms with Crippen LogP contribution in [0.3, 0.4) is 0 Å². The van der Waals surface area contributed by atoms with Crippen LogP contribution < -0.4 is 0 Å². The molecule has 0 bridgehead atoms. The predicted molar refractivity (Wildman–Crippen MR) is 60.0 cm³/mol. The molecular formula is C12H18N2O2. The number of aryl methyl sites for hydroxylation is 1. The number of rotatable bonds is 2. The summed E-state index contributed by atoms with van der Waals surface area (Å²) in [6.45, 7) is 3.64. The number of hydrogen-bond acceptors (Lipinski definition) is 3. The van der Waals surface area contributed by atoms with Gasteiger partial charge in [-0.2, -0.15) is 0 Å². The van der Waals surface area contributed by atoms with Crippen LogP contribution in [0.15, 0.2) is 10.6 Å². The van der Waals surface area contributed by atoms with Crippen molar-refractivity contribution >= 4 is 5.91 Å². The highest BCUT2D eigenvalue weighted by molar-refractivity contribution is 5.78. The standard InChI is InChI=1S/C12H18N2O2/c1-10-8-11(13-16-10)9-12(15)14-6-4-2-3-5-7-14/h8H,2-7,9H2,1H3. The quantitative estimate of drug-likeness (QED) is 0.768. The van der Waals surface area contributed by atoms with Crippen molar-refractivity contribution in [3.05, 3.63) is 17.5 Å². The first-order valence-electron chi connectivity index (χ1n) is 5.95. The first-order chi connectivity index (χ1) is 7.75. The second-order valence-electron chi connectivity index (χ2n) is 4.40. The fourth-order valence-electron chi connectivity index (χ4n) is 2.09. The smallest absolute Gasteiger partial charge is 0.228 e. The third-order valence-corrected chi connectivity index (χ3v) is 2.97.